The van der Waals surface area contributed by atoms with Gasteiger partial charge in [0.05, 0.1) is 0 Å². The standard InChI is InChI=1S/C14H25N3S/c1-7-8-12-16-13(15-6)10(4)14(17-12)18-11(5)9(2)3/h9,11H,7-8H2,1-6H3,(H,15,16,17). The largest absolute Gasteiger partial charge is 0.373 e. The molecule has 0 aliphatic heterocycles. The monoisotopic (exact) mass is 267 g/mol. The van der Waals surface area contributed by atoms with E-state index in [0.29, 0.717) is 11.2 Å². The van der Waals surface area contributed by atoms with Gasteiger partial charge in [-0.15, -0.1) is 11.8 Å². The van der Waals surface area contributed by atoms with Crippen LogP contribution in [0, 0.1) is 12.8 Å². The molecular formula is C14H25N3S. The molecule has 0 saturated heterocycles. The Morgan fingerprint density at radius 3 is 2.39 bits per heavy atom. The van der Waals surface area contributed by atoms with Crippen LogP contribution in [0.3, 0.4) is 0 Å². The second-order valence-electron chi connectivity index (χ2n) is 4.99. The van der Waals surface area contributed by atoms with Crippen molar-refractivity contribution in [3.05, 3.63) is 11.4 Å². The van der Waals surface area contributed by atoms with Gasteiger partial charge in [0.15, 0.2) is 0 Å². The lowest BCUT2D eigenvalue weighted by molar-refractivity contribution is 0.640. The molecule has 0 amide bonds. The normalized spacial score (nSPS) is 12.8. The highest BCUT2D eigenvalue weighted by Crippen LogP contribution is 2.31. The minimum atomic E-state index is 0.567. The van der Waals surface area contributed by atoms with Gasteiger partial charge in [-0.3, -0.25) is 0 Å². The average Bonchev–Trinajstić information content (AvgIpc) is 2.33. The second kappa shape index (κ2) is 6.98. The number of nitrogens with zero attached hydrogens (tertiary/aromatic N) is 2. The third-order valence-electron chi connectivity index (χ3n) is 3.09. The van der Waals surface area contributed by atoms with Crippen molar-refractivity contribution in [3.8, 4) is 0 Å². The smallest absolute Gasteiger partial charge is 0.133 e. The van der Waals surface area contributed by atoms with E-state index in [9.17, 15) is 0 Å². The Bertz CT molecular complexity index is 391. The third kappa shape index (κ3) is 3.87. The van der Waals surface area contributed by atoms with E-state index in [0.717, 1.165) is 35.1 Å². The number of nitrogens with one attached hydrogen (secondary N) is 1. The van der Waals surface area contributed by atoms with Gasteiger partial charge in [0.25, 0.3) is 0 Å². The van der Waals surface area contributed by atoms with Gasteiger partial charge in [-0.05, 0) is 19.3 Å². The summed E-state index contributed by atoms with van der Waals surface area (Å²) in [5.74, 6) is 2.56. The van der Waals surface area contributed by atoms with E-state index < -0.39 is 0 Å². The number of hydrogen-bond acceptors (Lipinski definition) is 4. The van der Waals surface area contributed by atoms with Crippen LogP contribution in [0.5, 0.6) is 0 Å². The Kier molecular flexibility index (Phi) is 5.93. The summed E-state index contributed by atoms with van der Waals surface area (Å²) in [5.41, 5.74) is 1.16. The van der Waals surface area contributed by atoms with Crippen molar-refractivity contribution in [1.29, 1.82) is 0 Å². The predicted octanol–water partition coefficient (Wildman–Crippen LogP) is 3.92. The Labute approximate surface area is 115 Å². The Hall–Kier alpha value is -0.770. The van der Waals surface area contributed by atoms with Crippen molar-refractivity contribution >= 4 is 17.6 Å². The summed E-state index contributed by atoms with van der Waals surface area (Å²) in [6, 6.07) is 0. The number of aromatic nitrogens is 2. The van der Waals surface area contributed by atoms with E-state index in [4.69, 9.17) is 4.98 Å². The number of anilines is 1. The lowest BCUT2D eigenvalue weighted by Gasteiger charge is -2.17. The van der Waals surface area contributed by atoms with Gasteiger partial charge in [-0.1, -0.05) is 27.7 Å². The second-order valence-corrected chi connectivity index (χ2v) is 6.35. The summed E-state index contributed by atoms with van der Waals surface area (Å²) in [4.78, 5) is 9.26. The molecule has 0 aromatic carbocycles. The first-order valence-corrected chi connectivity index (χ1v) is 7.59. The summed E-state index contributed by atoms with van der Waals surface area (Å²) >= 11 is 1.86. The molecule has 18 heavy (non-hydrogen) atoms. The summed E-state index contributed by atoms with van der Waals surface area (Å²) in [6.07, 6.45) is 2.02. The first kappa shape index (κ1) is 15.3. The average molecular weight is 267 g/mol. The first-order chi connectivity index (χ1) is 8.49. The molecule has 0 spiro atoms. The van der Waals surface area contributed by atoms with E-state index in [1.807, 2.05) is 18.8 Å². The zero-order valence-electron chi connectivity index (χ0n) is 12.4. The van der Waals surface area contributed by atoms with E-state index >= 15 is 0 Å². The fraction of sp³-hybridized carbons (Fsp3) is 0.714. The van der Waals surface area contributed by atoms with Crippen LogP contribution in [0.4, 0.5) is 5.82 Å². The van der Waals surface area contributed by atoms with Crippen molar-refractivity contribution in [2.75, 3.05) is 12.4 Å². The van der Waals surface area contributed by atoms with Crippen LogP contribution < -0.4 is 5.32 Å². The van der Waals surface area contributed by atoms with Crippen LogP contribution >= 0.6 is 11.8 Å². The van der Waals surface area contributed by atoms with Crippen LogP contribution in [0.1, 0.15) is 45.5 Å². The molecule has 0 aliphatic carbocycles. The van der Waals surface area contributed by atoms with Gasteiger partial charge in [0.1, 0.15) is 16.7 Å². The van der Waals surface area contributed by atoms with Crippen LogP contribution in [0.2, 0.25) is 0 Å². The van der Waals surface area contributed by atoms with Crippen molar-refractivity contribution in [3.63, 3.8) is 0 Å². The SMILES string of the molecule is CCCc1nc(NC)c(C)c(SC(C)C(C)C)n1. The van der Waals surface area contributed by atoms with E-state index in [-0.39, 0.29) is 0 Å². The summed E-state index contributed by atoms with van der Waals surface area (Å²) in [7, 11) is 1.92. The number of rotatable bonds is 6. The molecule has 0 radical (unpaired) electrons. The van der Waals surface area contributed by atoms with Crippen molar-refractivity contribution in [2.45, 2.75) is 57.7 Å². The number of thioether (sulfide) groups is 1. The van der Waals surface area contributed by atoms with Crippen LogP contribution in [0.15, 0.2) is 5.03 Å². The number of aryl methyl sites for hydroxylation is 1. The molecular weight excluding hydrogens is 242 g/mol. The Balaban J connectivity index is 3.04. The topological polar surface area (TPSA) is 37.8 Å². The molecule has 1 atom stereocenters. The summed E-state index contributed by atoms with van der Waals surface area (Å²) in [5, 5.41) is 4.86. The minimum Gasteiger partial charge on any atom is -0.373 e. The van der Waals surface area contributed by atoms with Gasteiger partial charge >= 0.3 is 0 Å². The molecule has 102 valence electrons. The van der Waals surface area contributed by atoms with Crippen LogP contribution in [-0.4, -0.2) is 22.3 Å². The molecule has 1 heterocycles. The predicted molar refractivity (Wildman–Crippen MR) is 80.5 cm³/mol. The van der Waals surface area contributed by atoms with Crippen LogP contribution in [0.25, 0.3) is 0 Å². The molecule has 1 rings (SSSR count). The third-order valence-corrected chi connectivity index (χ3v) is 4.63. The quantitative estimate of drug-likeness (QED) is 0.626. The zero-order chi connectivity index (χ0) is 13.7. The zero-order valence-corrected chi connectivity index (χ0v) is 13.2. The highest BCUT2D eigenvalue weighted by atomic mass is 32.2. The molecule has 1 N–H and O–H groups in total. The lowest BCUT2D eigenvalue weighted by atomic mass is 10.2. The molecule has 0 fully saturated rings. The molecule has 3 nitrogen and oxygen atoms in total. The van der Waals surface area contributed by atoms with E-state index in [1.165, 1.54) is 0 Å². The van der Waals surface area contributed by atoms with Gasteiger partial charge in [-0.25, -0.2) is 9.97 Å². The molecule has 0 saturated carbocycles. The molecule has 4 heteroatoms. The molecule has 1 aromatic rings. The van der Waals surface area contributed by atoms with E-state index in [2.05, 4.69) is 44.9 Å². The van der Waals surface area contributed by atoms with Crippen LogP contribution in [-0.2, 0) is 6.42 Å². The molecule has 0 bridgehead atoms. The fourth-order valence-corrected chi connectivity index (χ4v) is 2.60. The molecule has 1 aromatic heterocycles. The maximum absolute atomic E-state index is 4.70. The highest BCUT2D eigenvalue weighted by Gasteiger charge is 2.15. The lowest BCUT2D eigenvalue weighted by Crippen LogP contribution is -2.09. The summed E-state index contributed by atoms with van der Waals surface area (Å²) < 4.78 is 0. The Morgan fingerprint density at radius 2 is 1.89 bits per heavy atom. The Morgan fingerprint density at radius 1 is 1.22 bits per heavy atom. The van der Waals surface area contributed by atoms with E-state index in [1.54, 1.807) is 0 Å². The maximum Gasteiger partial charge on any atom is 0.133 e. The highest BCUT2D eigenvalue weighted by molar-refractivity contribution is 7.99. The van der Waals surface area contributed by atoms with Crippen molar-refractivity contribution in [1.82, 2.24) is 9.97 Å². The van der Waals surface area contributed by atoms with Crippen molar-refractivity contribution in [2.24, 2.45) is 5.92 Å². The van der Waals surface area contributed by atoms with Gasteiger partial charge in [0, 0.05) is 24.3 Å². The number of hydrogen-bond donors (Lipinski definition) is 1. The minimum absolute atomic E-state index is 0.567. The first-order valence-electron chi connectivity index (χ1n) is 6.71. The van der Waals surface area contributed by atoms with Gasteiger partial charge < -0.3 is 5.32 Å². The van der Waals surface area contributed by atoms with Gasteiger partial charge in [-0.2, -0.15) is 0 Å². The van der Waals surface area contributed by atoms with Gasteiger partial charge in [0.2, 0.25) is 0 Å². The molecule has 1 unspecified atom stereocenters. The van der Waals surface area contributed by atoms with Crippen molar-refractivity contribution < 1.29 is 0 Å². The summed E-state index contributed by atoms with van der Waals surface area (Å²) in [6.45, 7) is 11.0. The molecule has 0 aliphatic rings. The fourth-order valence-electron chi connectivity index (χ4n) is 1.55. The maximum atomic E-state index is 4.70.